The van der Waals surface area contributed by atoms with E-state index in [0.29, 0.717) is 11.3 Å². The van der Waals surface area contributed by atoms with Crippen molar-refractivity contribution in [2.24, 2.45) is 5.16 Å². The molecule has 1 aromatic heterocycles. The van der Waals surface area contributed by atoms with Gasteiger partial charge in [-0.15, -0.1) is 0 Å². The van der Waals surface area contributed by atoms with Gasteiger partial charge in [-0.25, -0.2) is 4.79 Å². The van der Waals surface area contributed by atoms with Crippen LogP contribution in [-0.4, -0.2) is 17.5 Å². The molecule has 0 saturated carbocycles. The highest BCUT2D eigenvalue weighted by Crippen LogP contribution is 2.08. The highest BCUT2D eigenvalue weighted by molar-refractivity contribution is 6.19. The van der Waals surface area contributed by atoms with Gasteiger partial charge in [0.25, 0.3) is 0 Å². The number of carbonyl (C=O) groups excluding carboxylic acids is 2. The number of rotatable bonds is 2. The summed E-state index contributed by atoms with van der Waals surface area (Å²) in [5.41, 5.74) is 1.08. The summed E-state index contributed by atoms with van der Waals surface area (Å²) in [5, 5.41) is 3.65. The van der Waals surface area contributed by atoms with E-state index < -0.39 is 5.97 Å². The molecule has 0 N–H and O–H groups in total. The number of ketones is 1. The Balaban J connectivity index is 2.07. The quantitative estimate of drug-likeness (QED) is 0.442. The zero-order valence-corrected chi connectivity index (χ0v) is 9.04. The molecule has 1 aliphatic carbocycles. The Hall–Kier alpha value is -2.43. The van der Waals surface area contributed by atoms with Crippen LogP contribution in [0, 0.1) is 0 Å². The van der Waals surface area contributed by atoms with Gasteiger partial charge in [0.1, 0.15) is 5.71 Å². The normalized spacial score (nSPS) is 17.1. The third kappa shape index (κ3) is 2.57. The van der Waals surface area contributed by atoms with Gasteiger partial charge in [0.05, 0.1) is 6.26 Å². The Labute approximate surface area is 97.0 Å². The third-order valence-corrected chi connectivity index (χ3v) is 2.12. The Kier molecular flexibility index (Phi) is 3.00. The lowest BCUT2D eigenvalue weighted by Crippen LogP contribution is -2.08. The summed E-state index contributed by atoms with van der Waals surface area (Å²) in [5.74, 6) is -0.716. The molecule has 0 aromatic carbocycles. The molecule has 0 atom stereocenters. The van der Waals surface area contributed by atoms with Crippen molar-refractivity contribution in [2.75, 3.05) is 0 Å². The van der Waals surface area contributed by atoms with Gasteiger partial charge in [0.2, 0.25) is 5.76 Å². The van der Waals surface area contributed by atoms with Gasteiger partial charge in [-0.05, 0) is 42.9 Å². The molecule has 0 unspecified atom stereocenters. The van der Waals surface area contributed by atoms with Crippen LogP contribution in [0.25, 0.3) is 0 Å². The Bertz CT molecular complexity index is 535. The van der Waals surface area contributed by atoms with Gasteiger partial charge < -0.3 is 9.25 Å². The van der Waals surface area contributed by atoms with E-state index >= 15 is 0 Å². The summed E-state index contributed by atoms with van der Waals surface area (Å²) < 4.78 is 4.85. The number of carbonyl (C=O) groups is 2. The number of oxime groups is 1. The minimum Gasteiger partial charge on any atom is -0.457 e. The molecule has 0 aliphatic heterocycles. The van der Waals surface area contributed by atoms with Crippen LogP contribution in [0.5, 0.6) is 0 Å². The van der Waals surface area contributed by atoms with E-state index in [9.17, 15) is 9.59 Å². The predicted molar refractivity (Wildman–Crippen MR) is 59.5 cm³/mol. The van der Waals surface area contributed by atoms with Gasteiger partial charge in [0.15, 0.2) is 5.78 Å². The average molecular weight is 231 g/mol. The summed E-state index contributed by atoms with van der Waals surface area (Å²) in [6.07, 6.45) is 5.63. The fourth-order valence-corrected chi connectivity index (χ4v) is 1.26. The molecule has 5 heteroatoms. The number of furan rings is 1. The largest absolute Gasteiger partial charge is 0.457 e. The highest BCUT2D eigenvalue weighted by Gasteiger charge is 2.12. The van der Waals surface area contributed by atoms with Gasteiger partial charge in [-0.1, -0.05) is 5.16 Å². The van der Waals surface area contributed by atoms with Crippen LogP contribution in [0.1, 0.15) is 17.5 Å². The summed E-state index contributed by atoms with van der Waals surface area (Å²) in [4.78, 5) is 27.1. The second-order valence-electron chi connectivity index (χ2n) is 3.40. The topological polar surface area (TPSA) is 68.9 Å². The maximum Gasteiger partial charge on any atom is 0.400 e. The summed E-state index contributed by atoms with van der Waals surface area (Å²) >= 11 is 0. The minimum absolute atomic E-state index is 0.0758. The molecule has 5 nitrogen and oxygen atoms in total. The Morgan fingerprint density at radius 3 is 2.88 bits per heavy atom. The van der Waals surface area contributed by atoms with Crippen molar-refractivity contribution in [1.29, 1.82) is 0 Å². The van der Waals surface area contributed by atoms with Crippen LogP contribution in [0.15, 0.2) is 51.8 Å². The molecule has 2 rings (SSSR count). The number of allylic oxidation sites excluding steroid dienone is 4. The van der Waals surface area contributed by atoms with Crippen LogP contribution in [0.2, 0.25) is 0 Å². The summed E-state index contributed by atoms with van der Waals surface area (Å²) in [6.45, 7) is 1.71. The van der Waals surface area contributed by atoms with Crippen molar-refractivity contribution in [3.05, 3.63) is 48.0 Å². The van der Waals surface area contributed by atoms with Crippen molar-refractivity contribution in [2.45, 2.75) is 6.92 Å². The lowest BCUT2D eigenvalue weighted by atomic mass is 10.1. The second kappa shape index (κ2) is 4.61. The number of hydrogen-bond donors (Lipinski definition) is 0. The Morgan fingerprint density at radius 2 is 2.24 bits per heavy atom. The van der Waals surface area contributed by atoms with Crippen molar-refractivity contribution < 1.29 is 18.8 Å². The predicted octanol–water partition coefficient (Wildman–Crippen LogP) is 1.88. The molecule has 0 spiro atoms. The third-order valence-electron chi connectivity index (χ3n) is 2.12. The van der Waals surface area contributed by atoms with Crippen LogP contribution < -0.4 is 0 Å². The van der Waals surface area contributed by atoms with E-state index in [4.69, 9.17) is 4.42 Å². The van der Waals surface area contributed by atoms with Crippen LogP contribution in [0.4, 0.5) is 0 Å². The first kappa shape index (κ1) is 11.1. The highest BCUT2D eigenvalue weighted by atomic mass is 16.7. The van der Waals surface area contributed by atoms with E-state index in [-0.39, 0.29) is 11.5 Å². The number of hydrogen-bond acceptors (Lipinski definition) is 5. The van der Waals surface area contributed by atoms with Gasteiger partial charge in [0, 0.05) is 0 Å². The second-order valence-corrected chi connectivity index (χ2v) is 3.40. The molecule has 17 heavy (non-hydrogen) atoms. The average Bonchev–Trinajstić information content (AvgIpc) is 2.81. The van der Waals surface area contributed by atoms with Crippen LogP contribution in [0.3, 0.4) is 0 Å². The van der Waals surface area contributed by atoms with Gasteiger partial charge >= 0.3 is 5.97 Å². The lowest BCUT2D eigenvalue weighted by Gasteiger charge is -2.04. The molecule has 0 bridgehead atoms. The smallest absolute Gasteiger partial charge is 0.400 e. The molecule has 0 saturated heterocycles. The lowest BCUT2D eigenvalue weighted by molar-refractivity contribution is -0.110. The fourth-order valence-electron chi connectivity index (χ4n) is 1.26. The van der Waals surface area contributed by atoms with Gasteiger partial charge in [-0.2, -0.15) is 0 Å². The standard InChI is InChI=1S/C12H9NO4/c1-8-7-9(14)4-5-10(8)13-17-12(15)11-3-2-6-16-11/h2-7H,1H3/b13-10-. The molecule has 86 valence electrons. The molecule has 0 fully saturated rings. The van der Waals surface area contributed by atoms with E-state index in [1.165, 1.54) is 30.6 Å². The molecule has 0 radical (unpaired) electrons. The van der Waals surface area contributed by atoms with Crippen molar-refractivity contribution in [1.82, 2.24) is 0 Å². The first-order chi connectivity index (χ1) is 8.16. The van der Waals surface area contributed by atoms with Crippen molar-refractivity contribution >= 4 is 17.5 Å². The van der Waals surface area contributed by atoms with E-state index in [1.807, 2.05) is 0 Å². The first-order valence-electron chi connectivity index (χ1n) is 4.90. The maximum absolute atomic E-state index is 11.4. The monoisotopic (exact) mass is 231 g/mol. The SMILES string of the molecule is CC1=CC(=O)C=C/C1=N/OC(=O)c1ccco1. The minimum atomic E-state index is -0.680. The molecule has 1 aromatic rings. The molecule has 0 amide bonds. The van der Waals surface area contributed by atoms with Crippen molar-refractivity contribution in [3.8, 4) is 0 Å². The van der Waals surface area contributed by atoms with Crippen LogP contribution in [-0.2, 0) is 9.63 Å². The summed E-state index contributed by atoms with van der Waals surface area (Å²) in [6, 6.07) is 3.06. The van der Waals surface area contributed by atoms with Crippen molar-refractivity contribution in [3.63, 3.8) is 0 Å². The van der Waals surface area contributed by atoms with E-state index in [2.05, 4.69) is 9.99 Å². The number of nitrogens with zero attached hydrogens (tertiary/aromatic N) is 1. The van der Waals surface area contributed by atoms with Gasteiger partial charge in [-0.3, -0.25) is 4.79 Å². The summed E-state index contributed by atoms with van der Waals surface area (Å²) in [7, 11) is 0. The Morgan fingerprint density at radius 1 is 1.41 bits per heavy atom. The molecule has 1 heterocycles. The zero-order valence-electron chi connectivity index (χ0n) is 9.04. The van der Waals surface area contributed by atoms with E-state index in [1.54, 1.807) is 13.0 Å². The maximum atomic E-state index is 11.4. The van der Waals surface area contributed by atoms with Crippen LogP contribution >= 0.6 is 0 Å². The molecular formula is C12H9NO4. The van der Waals surface area contributed by atoms with E-state index in [0.717, 1.165) is 0 Å². The first-order valence-corrected chi connectivity index (χ1v) is 4.90. The zero-order chi connectivity index (χ0) is 12.3. The molecular weight excluding hydrogens is 222 g/mol. The fraction of sp³-hybridized carbons (Fsp3) is 0.0833. The molecule has 1 aliphatic rings.